The molecule has 2 aromatic rings. The number of hydrogen-bond donors (Lipinski definition) is 0. The zero-order chi connectivity index (χ0) is 15.0. The molecule has 0 N–H and O–H groups in total. The van der Waals surface area contributed by atoms with Crippen molar-refractivity contribution in [2.75, 3.05) is 6.54 Å². The molecule has 0 bridgehead atoms. The molecule has 1 unspecified atom stereocenters. The Balaban J connectivity index is 1.95. The van der Waals surface area contributed by atoms with Crippen LogP contribution in [-0.4, -0.2) is 21.9 Å². The molecule has 112 valence electrons. The molecular weight excluding hydrogens is 280 g/mol. The highest BCUT2D eigenvalue weighted by Gasteiger charge is 2.33. The van der Waals surface area contributed by atoms with E-state index in [9.17, 15) is 4.79 Å². The molecule has 1 aliphatic heterocycles. The van der Waals surface area contributed by atoms with E-state index >= 15 is 0 Å². The number of hydrogen-bond acceptors (Lipinski definition) is 2. The highest BCUT2D eigenvalue weighted by molar-refractivity contribution is 7.10. The van der Waals surface area contributed by atoms with Crippen molar-refractivity contribution in [2.24, 2.45) is 5.41 Å². The summed E-state index contributed by atoms with van der Waals surface area (Å²) in [4.78, 5) is 16.1. The number of amides is 1. The van der Waals surface area contributed by atoms with Crippen LogP contribution in [0, 0.1) is 5.41 Å². The van der Waals surface area contributed by atoms with E-state index in [1.54, 1.807) is 11.3 Å². The van der Waals surface area contributed by atoms with E-state index < -0.39 is 0 Å². The average molecular weight is 302 g/mol. The Bertz CT molecular complexity index is 622. The van der Waals surface area contributed by atoms with Gasteiger partial charge in [-0.05, 0) is 29.0 Å². The molecule has 1 atom stereocenters. The van der Waals surface area contributed by atoms with E-state index in [0.29, 0.717) is 6.42 Å². The summed E-state index contributed by atoms with van der Waals surface area (Å²) in [7, 11) is 0. The molecule has 3 rings (SSSR count). The lowest BCUT2D eigenvalue weighted by atomic mass is 9.91. The van der Waals surface area contributed by atoms with Crippen LogP contribution >= 0.6 is 11.3 Å². The Labute approximate surface area is 130 Å². The first kappa shape index (κ1) is 14.4. The van der Waals surface area contributed by atoms with Gasteiger partial charge in [-0.2, -0.15) is 0 Å². The number of rotatable bonds is 2. The molecule has 0 fully saturated rings. The van der Waals surface area contributed by atoms with Crippen LogP contribution in [0.3, 0.4) is 0 Å². The number of carbonyl (C=O) groups is 1. The van der Waals surface area contributed by atoms with Crippen molar-refractivity contribution in [3.8, 4) is 0 Å². The van der Waals surface area contributed by atoms with Crippen LogP contribution in [0.5, 0.6) is 0 Å². The molecule has 0 aromatic carbocycles. The number of carbonyl (C=O) groups excluding carboxylic acids is 1. The van der Waals surface area contributed by atoms with Crippen molar-refractivity contribution >= 4 is 17.2 Å². The smallest absolute Gasteiger partial charge is 0.224 e. The molecule has 0 spiro atoms. The Morgan fingerprint density at radius 2 is 2.10 bits per heavy atom. The first-order chi connectivity index (χ1) is 9.96. The lowest BCUT2D eigenvalue weighted by molar-refractivity contribution is -0.135. The normalized spacial score (nSPS) is 18.6. The van der Waals surface area contributed by atoms with Crippen molar-refractivity contribution in [3.63, 3.8) is 0 Å². The minimum absolute atomic E-state index is 0.0243. The maximum Gasteiger partial charge on any atom is 0.224 e. The quantitative estimate of drug-likeness (QED) is 0.825. The van der Waals surface area contributed by atoms with Gasteiger partial charge in [0.15, 0.2) is 0 Å². The molecule has 4 heteroatoms. The zero-order valence-electron chi connectivity index (χ0n) is 12.9. The van der Waals surface area contributed by atoms with Crippen molar-refractivity contribution in [1.82, 2.24) is 9.47 Å². The Morgan fingerprint density at radius 3 is 2.76 bits per heavy atom. The highest BCUT2D eigenvalue weighted by atomic mass is 32.1. The van der Waals surface area contributed by atoms with Crippen LogP contribution in [-0.2, 0) is 11.3 Å². The molecule has 1 aliphatic rings. The molecule has 21 heavy (non-hydrogen) atoms. The summed E-state index contributed by atoms with van der Waals surface area (Å²) in [5.74, 6) is 0.258. The number of thiophene rings is 1. The van der Waals surface area contributed by atoms with E-state index in [2.05, 4.69) is 66.1 Å². The Hall–Kier alpha value is -1.55. The lowest BCUT2D eigenvalue weighted by Gasteiger charge is -2.38. The summed E-state index contributed by atoms with van der Waals surface area (Å²) in [6.07, 6.45) is 2.71. The van der Waals surface area contributed by atoms with Crippen LogP contribution in [0.4, 0.5) is 0 Å². The van der Waals surface area contributed by atoms with Crippen molar-refractivity contribution in [2.45, 2.75) is 39.8 Å². The van der Waals surface area contributed by atoms with E-state index in [4.69, 9.17) is 0 Å². The fourth-order valence-corrected chi connectivity index (χ4v) is 3.80. The third-order valence-electron chi connectivity index (χ3n) is 3.85. The minimum atomic E-state index is 0.0243. The Morgan fingerprint density at radius 1 is 1.29 bits per heavy atom. The molecule has 0 radical (unpaired) electrons. The van der Waals surface area contributed by atoms with Gasteiger partial charge in [0.2, 0.25) is 5.91 Å². The van der Waals surface area contributed by atoms with E-state index in [0.717, 1.165) is 13.1 Å². The van der Waals surface area contributed by atoms with Gasteiger partial charge in [-0.3, -0.25) is 4.79 Å². The number of fused-ring (bicyclic) bond motifs is 1. The van der Waals surface area contributed by atoms with Gasteiger partial charge in [-0.25, -0.2) is 0 Å². The molecule has 0 aliphatic carbocycles. The first-order valence-corrected chi connectivity index (χ1v) is 8.31. The van der Waals surface area contributed by atoms with Crippen molar-refractivity contribution < 1.29 is 4.79 Å². The molecule has 3 heterocycles. The second-order valence-electron chi connectivity index (χ2n) is 6.87. The standard InChI is InChI=1S/C17H22N2OS/c1-17(2,3)12-15(20)19-10-9-18-8-4-6-13(18)16(19)14-7-5-11-21-14/h4-8,11,16H,9-10,12H2,1-3H3. The van der Waals surface area contributed by atoms with E-state index in [1.165, 1.54) is 10.6 Å². The van der Waals surface area contributed by atoms with Crippen molar-refractivity contribution in [3.05, 3.63) is 46.4 Å². The second kappa shape index (κ2) is 5.34. The van der Waals surface area contributed by atoms with Crippen LogP contribution in [0.15, 0.2) is 35.8 Å². The Kier molecular flexibility index (Phi) is 3.66. The van der Waals surface area contributed by atoms with Crippen molar-refractivity contribution in [1.29, 1.82) is 0 Å². The summed E-state index contributed by atoms with van der Waals surface area (Å²) >= 11 is 1.73. The topological polar surface area (TPSA) is 25.2 Å². The first-order valence-electron chi connectivity index (χ1n) is 7.44. The van der Waals surface area contributed by atoms with E-state index in [1.807, 2.05) is 0 Å². The maximum atomic E-state index is 12.8. The van der Waals surface area contributed by atoms with Gasteiger partial charge in [0, 0.05) is 36.3 Å². The third-order valence-corrected chi connectivity index (χ3v) is 4.78. The van der Waals surface area contributed by atoms with Crippen LogP contribution in [0.2, 0.25) is 0 Å². The number of aromatic nitrogens is 1. The number of nitrogens with zero attached hydrogens (tertiary/aromatic N) is 2. The van der Waals surface area contributed by atoms with Crippen LogP contribution < -0.4 is 0 Å². The van der Waals surface area contributed by atoms with Gasteiger partial charge in [-0.1, -0.05) is 26.8 Å². The van der Waals surface area contributed by atoms with Crippen LogP contribution in [0.1, 0.15) is 43.8 Å². The van der Waals surface area contributed by atoms with Gasteiger partial charge >= 0.3 is 0 Å². The summed E-state index contributed by atoms with van der Waals surface area (Å²) in [5.41, 5.74) is 1.25. The second-order valence-corrected chi connectivity index (χ2v) is 7.85. The molecule has 2 aromatic heterocycles. The fraction of sp³-hybridized carbons (Fsp3) is 0.471. The zero-order valence-corrected chi connectivity index (χ0v) is 13.7. The SMILES string of the molecule is CC(C)(C)CC(=O)N1CCn2cccc2C1c1cccs1. The molecular formula is C17H22N2OS. The van der Waals surface area contributed by atoms with Gasteiger partial charge in [0.25, 0.3) is 0 Å². The largest absolute Gasteiger partial charge is 0.347 e. The molecule has 0 saturated heterocycles. The van der Waals surface area contributed by atoms with Gasteiger partial charge < -0.3 is 9.47 Å². The average Bonchev–Trinajstić information content (AvgIpc) is 3.06. The highest BCUT2D eigenvalue weighted by Crippen LogP contribution is 2.36. The maximum absolute atomic E-state index is 12.8. The summed E-state index contributed by atoms with van der Waals surface area (Å²) in [5, 5.41) is 2.09. The van der Waals surface area contributed by atoms with Crippen LogP contribution in [0.25, 0.3) is 0 Å². The third kappa shape index (κ3) is 2.91. The lowest BCUT2D eigenvalue weighted by Crippen LogP contribution is -2.43. The molecule has 3 nitrogen and oxygen atoms in total. The summed E-state index contributed by atoms with van der Waals surface area (Å²) < 4.78 is 2.27. The van der Waals surface area contributed by atoms with Gasteiger partial charge in [0.1, 0.15) is 6.04 Å². The predicted molar refractivity (Wildman–Crippen MR) is 86.4 cm³/mol. The van der Waals surface area contributed by atoms with E-state index in [-0.39, 0.29) is 17.4 Å². The molecule has 0 saturated carbocycles. The molecule has 1 amide bonds. The predicted octanol–water partition coefficient (Wildman–Crippen LogP) is 3.92. The van der Waals surface area contributed by atoms with Gasteiger partial charge in [-0.15, -0.1) is 11.3 Å². The summed E-state index contributed by atoms with van der Waals surface area (Å²) in [6.45, 7) is 8.05. The summed E-state index contributed by atoms with van der Waals surface area (Å²) in [6, 6.07) is 8.49. The van der Waals surface area contributed by atoms with Gasteiger partial charge in [0.05, 0.1) is 0 Å². The monoisotopic (exact) mass is 302 g/mol. The fourth-order valence-electron chi connectivity index (χ4n) is 2.95. The minimum Gasteiger partial charge on any atom is -0.347 e.